The maximum atomic E-state index is 5.88. The number of allylic oxidation sites excluding steroid dienone is 1. The molecule has 4 nitrogen and oxygen atoms in total. The van der Waals surface area contributed by atoms with Crippen LogP contribution in [-0.4, -0.2) is 49.9 Å². The molecule has 0 unspecified atom stereocenters. The summed E-state index contributed by atoms with van der Waals surface area (Å²) < 4.78 is 21.9. The predicted molar refractivity (Wildman–Crippen MR) is 122 cm³/mol. The first kappa shape index (κ1) is 27.8. The Morgan fingerprint density at radius 1 is 0.571 bits per heavy atom. The fraction of sp³-hybridized carbons (Fsp3) is 0.913. The first-order valence-electron chi connectivity index (χ1n) is 11.7. The van der Waals surface area contributed by atoms with Gasteiger partial charge >= 0.3 is 9.28 Å². The van der Waals surface area contributed by atoms with Crippen molar-refractivity contribution in [2.24, 2.45) is 0 Å². The number of rotatable bonds is 24. The van der Waals surface area contributed by atoms with Crippen LogP contribution in [0.1, 0.15) is 89.9 Å². The van der Waals surface area contributed by atoms with E-state index in [9.17, 15) is 0 Å². The van der Waals surface area contributed by atoms with Crippen molar-refractivity contribution in [3.63, 3.8) is 0 Å². The number of hydrogen-bond acceptors (Lipinski definition) is 4. The molecule has 0 aromatic heterocycles. The molecule has 0 aliphatic rings. The topological polar surface area (TPSA) is 36.9 Å². The second-order valence-corrected chi connectivity index (χ2v) is 9.72. The molecule has 0 aliphatic heterocycles. The highest BCUT2D eigenvalue weighted by atomic mass is 28.3. The van der Waals surface area contributed by atoms with Crippen LogP contribution in [0.2, 0.25) is 6.04 Å². The van der Waals surface area contributed by atoms with E-state index in [1.165, 1.54) is 89.9 Å². The molecule has 0 N–H and O–H groups in total. The highest BCUT2D eigenvalue weighted by Crippen LogP contribution is 2.14. The Balaban J connectivity index is 3.38. The molecule has 5 heteroatoms. The predicted octanol–water partition coefficient (Wildman–Crippen LogP) is 6.18. The summed E-state index contributed by atoms with van der Waals surface area (Å²) in [4.78, 5) is 0. The van der Waals surface area contributed by atoms with E-state index < -0.39 is 9.28 Å². The Kier molecular flexibility index (Phi) is 24.7. The molecule has 0 aromatic rings. The summed E-state index contributed by atoms with van der Waals surface area (Å²) >= 11 is 0. The van der Waals surface area contributed by atoms with E-state index in [0.29, 0.717) is 26.4 Å². The third-order valence-corrected chi connectivity index (χ3v) is 7.13. The maximum Gasteiger partial charge on any atom is 0.321 e. The van der Waals surface area contributed by atoms with Crippen LogP contribution >= 0.6 is 0 Å². The van der Waals surface area contributed by atoms with E-state index >= 15 is 0 Å². The molecule has 0 fully saturated rings. The average Bonchev–Trinajstić information content (AvgIpc) is 2.70. The quantitative estimate of drug-likeness (QED) is 0.107. The number of unbranched alkanes of at least 4 members (excludes halogenated alkanes) is 13. The monoisotopic (exact) mass is 416 g/mol. The van der Waals surface area contributed by atoms with Crippen LogP contribution in [0.25, 0.3) is 0 Å². The fourth-order valence-electron chi connectivity index (χ4n) is 3.28. The van der Waals surface area contributed by atoms with Gasteiger partial charge < -0.3 is 18.3 Å². The fourth-order valence-corrected chi connectivity index (χ4v) is 5.05. The normalized spacial score (nSPS) is 11.4. The van der Waals surface area contributed by atoms with Crippen LogP contribution in [0.4, 0.5) is 0 Å². The molecule has 0 aromatic carbocycles. The molecule has 0 bridgehead atoms. The van der Waals surface area contributed by atoms with Gasteiger partial charge in [0.1, 0.15) is 0 Å². The summed E-state index contributed by atoms with van der Waals surface area (Å²) in [6.45, 7) is 6.36. The first-order chi connectivity index (χ1) is 13.8. The lowest BCUT2D eigenvalue weighted by atomic mass is 10.0. The van der Waals surface area contributed by atoms with Gasteiger partial charge in [0.2, 0.25) is 0 Å². The van der Waals surface area contributed by atoms with Crippen LogP contribution in [0.15, 0.2) is 12.7 Å². The molecule has 0 aliphatic carbocycles. The van der Waals surface area contributed by atoms with Crippen LogP contribution < -0.4 is 0 Å². The van der Waals surface area contributed by atoms with Crippen molar-refractivity contribution < 1.29 is 18.3 Å². The van der Waals surface area contributed by atoms with Crippen molar-refractivity contribution in [1.29, 1.82) is 0 Å². The van der Waals surface area contributed by atoms with Gasteiger partial charge in [-0.25, -0.2) is 0 Å². The molecular weight excluding hydrogens is 368 g/mol. The Bertz CT molecular complexity index is 292. The summed E-state index contributed by atoms with van der Waals surface area (Å²) in [7, 11) is 1.86. The Morgan fingerprint density at radius 3 is 1.36 bits per heavy atom. The Morgan fingerprint density at radius 2 is 0.964 bits per heavy atom. The van der Waals surface area contributed by atoms with Gasteiger partial charge in [0, 0.05) is 14.2 Å². The lowest BCUT2D eigenvalue weighted by Crippen LogP contribution is -2.26. The van der Waals surface area contributed by atoms with Crippen molar-refractivity contribution in [2.45, 2.75) is 95.9 Å². The van der Waals surface area contributed by atoms with Crippen molar-refractivity contribution in [2.75, 3.05) is 40.6 Å². The standard InChI is InChI=1S/C23H48O4Si/c1-4-5-6-7-8-9-10-11-12-13-14-15-16-17-18-23-28(26-21-19-24-2)27-22-20-25-3/h4,28H,1,5-23H2,2-3H3. The smallest absolute Gasteiger partial charge is 0.321 e. The molecule has 0 heterocycles. The van der Waals surface area contributed by atoms with Crippen LogP contribution in [0.5, 0.6) is 0 Å². The van der Waals surface area contributed by atoms with E-state index in [4.69, 9.17) is 18.3 Å². The molecule has 28 heavy (non-hydrogen) atoms. The number of methoxy groups -OCH3 is 2. The van der Waals surface area contributed by atoms with E-state index in [0.717, 1.165) is 6.04 Å². The number of ether oxygens (including phenoxy) is 2. The van der Waals surface area contributed by atoms with Gasteiger partial charge in [-0.2, -0.15) is 0 Å². The molecule has 0 amide bonds. The van der Waals surface area contributed by atoms with Gasteiger partial charge in [-0.05, 0) is 18.9 Å². The highest BCUT2D eigenvalue weighted by Gasteiger charge is 2.12. The second kappa shape index (κ2) is 24.8. The molecular formula is C23H48O4Si. The van der Waals surface area contributed by atoms with E-state index in [1.54, 1.807) is 14.2 Å². The van der Waals surface area contributed by atoms with Crippen molar-refractivity contribution in [3.8, 4) is 0 Å². The zero-order valence-electron chi connectivity index (χ0n) is 18.9. The average molecular weight is 417 g/mol. The van der Waals surface area contributed by atoms with Crippen LogP contribution in [-0.2, 0) is 18.3 Å². The Labute approximate surface area is 177 Å². The van der Waals surface area contributed by atoms with Gasteiger partial charge in [-0.3, -0.25) is 0 Å². The summed E-state index contributed by atoms with van der Waals surface area (Å²) in [5.74, 6) is 0. The van der Waals surface area contributed by atoms with Gasteiger partial charge in [-0.1, -0.05) is 83.1 Å². The largest absolute Gasteiger partial charge is 0.394 e. The minimum Gasteiger partial charge on any atom is -0.394 e. The minimum atomic E-state index is -1.55. The Hall–Kier alpha value is -0.203. The third kappa shape index (κ3) is 22.1. The molecule has 0 radical (unpaired) electrons. The lowest BCUT2D eigenvalue weighted by Gasteiger charge is -2.16. The van der Waals surface area contributed by atoms with Crippen LogP contribution in [0, 0.1) is 0 Å². The van der Waals surface area contributed by atoms with E-state index in [2.05, 4.69) is 6.58 Å². The molecule has 0 rings (SSSR count). The van der Waals surface area contributed by atoms with Crippen molar-refractivity contribution >= 4 is 9.28 Å². The van der Waals surface area contributed by atoms with Crippen molar-refractivity contribution in [1.82, 2.24) is 0 Å². The first-order valence-corrected chi connectivity index (χ1v) is 13.4. The lowest BCUT2D eigenvalue weighted by molar-refractivity contribution is 0.0993. The van der Waals surface area contributed by atoms with Gasteiger partial charge in [0.15, 0.2) is 0 Å². The molecule has 0 spiro atoms. The van der Waals surface area contributed by atoms with Crippen molar-refractivity contribution in [3.05, 3.63) is 12.7 Å². The highest BCUT2D eigenvalue weighted by molar-refractivity contribution is 6.44. The molecule has 0 atom stereocenters. The van der Waals surface area contributed by atoms with Gasteiger partial charge in [0.25, 0.3) is 0 Å². The second-order valence-electron chi connectivity index (χ2n) is 7.62. The summed E-state index contributed by atoms with van der Waals surface area (Å²) in [6, 6.07) is 1.10. The summed E-state index contributed by atoms with van der Waals surface area (Å²) in [5, 5.41) is 0. The maximum absolute atomic E-state index is 5.88. The SMILES string of the molecule is C=CCCCCCCCCCCCCCCC[SiH](OCCOC)OCCOC. The zero-order chi connectivity index (χ0) is 20.5. The van der Waals surface area contributed by atoms with Gasteiger partial charge in [-0.15, -0.1) is 6.58 Å². The summed E-state index contributed by atoms with van der Waals surface area (Å²) in [5.41, 5.74) is 0. The number of hydrogen-bond donors (Lipinski definition) is 0. The van der Waals surface area contributed by atoms with E-state index in [1.807, 2.05) is 6.08 Å². The van der Waals surface area contributed by atoms with E-state index in [-0.39, 0.29) is 0 Å². The molecule has 168 valence electrons. The summed E-state index contributed by atoms with van der Waals surface area (Å²) in [6.07, 6.45) is 21.1. The third-order valence-electron chi connectivity index (χ3n) is 5.03. The van der Waals surface area contributed by atoms with Crippen LogP contribution in [0.3, 0.4) is 0 Å². The molecule has 0 saturated carbocycles. The minimum absolute atomic E-state index is 0.645. The zero-order valence-corrected chi connectivity index (χ0v) is 20.1. The molecule has 0 saturated heterocycles. The van der Waals surface area contributed by atoms with Gasteiger partial charge in [0.05, 0.1) is 26.4 Å².